The number of hydrogen-bond donors (Lipinski definition) is 1. The van der Waals surface area contributed by atoms with Gasteiger partial charge >= 0.3 is 0 Å². The van der Waals surface area contributed by atoms with Crippen LogP contribution >= 0.6 is 0 Å². The van der Waals surface area contributed by atoms with E-state index >= 15 is 0 Å². The van der Waals surface area contributed by atoms with Crippen molar-refractivity contribution >= 4 is 0 Å². The Labute approximate surface area is 127 Å². The maximum absolute atomic E-state index is 5.90. The summed E-state index contributed by atoms with van der Waals surface area (Å²) in [6.45, 7) is 11.9. The Kier molecular flexibility index (Phi) is 5.26. The zero-order valence-electron chi connectivity index (χ0n) is 13.5. The molecule has 0 atom stereocenters. The lowest BCUT2D eigenvalue weighted by atomic mass is 10.1. The Morgan fingerprint density at radius 3 is 2.38 bits per heavy atom. The lowest BCUT2D eigenvalue weighted by Crippen LogP contribution is -2.34. The second-order valence-corrected chi connectivity index (χ2v) is 6.35. The molecular weight excluding hydrogens is 264 g/mol. The van der Waals surface area contributed by atoms with E-state index < -0.39 is 0 Å². The summed E-state index contributed by atoms with van der Waals surface area (Å²) in [7, 11) is 0. The molecule has 0 bridgehead atoms. The van der Waals surface area contributed by atoms with Crippen LogP contribution in [-0.2, 0) is 19.6 Å². The van der Waals surface area contributed by atoms with Crippen LogP contribution in [0.1, 0.15) is 45.0 Å². The molecule has 0 saturated heterocycles. The summed E-state index contributed by atoms with van der Waals surface area (Å²) >= 11 is 0. The van der Waals surface area contributed by atoms with Gasteiger partial charge in [-0.3, -0.25) is 4.90 Å². The quantitative estimate of drug-likeness (QED) is 0.842. The molecule has 0 fully saturated rings. The van der Waals surface area contributed by atoms with Crippen molar-refractivity contribution in [2.75, 3.05) is 6.54 Å². The van der Waals surface area contributed by atoms with Crippen molar-refractivity contribution in [1.82, 2.24) is 10.2 Å². The standard InChI is InChI=1S/C17H26N2O2/c1-5-19(12-15-7-6-10-20-15)13-16-9-8-14(21-16)11-18-17(2,3)4/h6-10,18H,5,11-13H2,1-4H3. The predicted octanol–water partition coefficient (Wildman–Crippen LogP) is 3.78. The molecule has 4 heteroatoms. The van der Waals surface area contributed by atoms with Gasteiger partial charge in [-0.2, -0.15) is 0 Å². The van der Waals surface area contributed by atoms with Gasteiger partial charge in [-0.1, -0.05) is 6.92 Å². The summed E-state index contributed by atoms with van der Waals surface area (Å²) in [4.78, 5) is 2.29. The minimum Gasteiger partial charge on any atom is -0.468 e. The molecule has 4 nitrogen and oxygen atoms in total. The molecule has 2 aromatic rings. The highest BCUT2D eigenvalue weighted by atomic mass is 16.3. The second kappa shape index (κ2) is 6.96. The fraction of sp³-hybridized carbons (Fsp3) is 0.529. The van der Waals surface area contributed by atoms with Crippen molar-refractivity contribution < 1.29 is 8.83 Å². The Morgan fingerprint density at radius 2 is 1.76 bits per heavy atom. The Morgan fingerprint density at radius 1 is 1.05 bits per heavy atom. The van der Waals surface area contributed by atoms with E-state index in [9.17, 15) is 0 Å². The number of furan rings is 2. The maximum Gasteiger partial charge on any atom is 0.118 e. The molecule has 21 heavy (non-hydrogen) atoms. The minimum absolute atomic E-state index is 0.0989. The number of hydrogen-bond acceptors (Lipinski definition) is 4. The van der Waals surface area contributed by atoms with Gasteiger partial charge in [0.25, 0.3) is 0 Å². The lowest BCUT2D eigenvalue weighted by molar-refractivity contribution is 0.225. The summed E-state index contributed by atoms with van der Waals surface area (Å²) in [5.41, 5.74) is 0.0989. The van der Waals surface area contributed by atoms with Crippen molar-refractivity contribution in [3.8, 4) is 0 Å². The molecule has 0 amide bonds. The third kappa shape index (κ3) is 5.40. The molecule has 1 N–H and O–H groups in total. The second-order valence-electron chi connectivity index (χ2n) is 6.35. The van der Waals surface area contributed by atoms with Crippen LogP contribution in [0.4, 0.5) is 0 Å². The van der Waals surface area contributed by atoms with E-state index in [0.29, 0.717) is 0 Å². The van der Waals surface area contributed by atoms with E-state index in [1.807, 2.05) is 12.1 Å². The maximum atomic E-state index is 5.90. The van der Waals surface area contributed by atoms with Gasteiger partial charge in [0.1, 0.15) is 17.3 Å². The van der Waals surface area contributed by atoms with E-state index in [-0.39, 0.29) is 5.54 Å². The molecule has 2 aromatic heterocycles. The fourth-order valence-electron chi connectivity index (χ4n) is 2.08. The molecule has 0 spiro atoms. The van der Waals surface area contributed by atoms with E-state index in [2.05, 4.69) is 50.0 Å². The van der Waals surface area contributed by atoms with Gasteiger partial charge in [0.15, 0.2) is 0 Å². The zero-order valence-corrected chi connectivity index (χ0v) is 13.5. The van der Waals surface area contributed by atoms with Crippen LogP contribution in [0.15, 0.2) is 39.4 Å². The average molecular weight is 290 g/mol. The van der Waals surface area contributed by atoms with Crippen molar-refractivity contribution in [2.45, 2.75) is 52.9 Å². The number of nitrogens with zero attached hydrogens (tertiary/aromatic N) is 1. The molecular formula is C17H26N2O2. The van der Waals surface area contributed by atoms with Crippen LogP contribution in [-0.4, -0.2) is 17.0 Å². The normalized spacial score (nSPS) is 12.2. The van der Waals surface area contributed by atoms with Gasteiger partial charge in [0.2, 0.25) is 0 Å². The van der Waals surface area contributed by atoms with Crippen molar-refractivity contribution in [1.29, 1.82) is 0 Å². The van der Waals surface area contributed by atoms with Gasteiger partial charge in [0.05, 0.1) is 25.9 Å². The van der Waals surface area contributed by atoms with Crippen LogP contribution in [0.2, 0.25) is 0 Å². The van der Waals surface area contributed by atoms with Crippen LogP contribution in [0.3, 0.4) is 0 Å². The number of rotatable bonds is 7. The smallest absolute Gasteiger partial charge is 0.118 e. The van der Waals surface area contributed by atoms with Crippen LogP contribution < -0.4 is 5.32 Å². The zero-order chi connectivity index (χ0) is 15.3. The number of nitrogens with one attached hydrogen (secondary N) is 1. The lowest BCUT2D eigenvalue weighted by Gasteiger charge is -2.19. The molecule has 0 aliphatic carbocycles. The van der Waals surface area contributed by atoms with Crippen LogP contribution in [0, 0.1) is 0 Å². The van der Waals surface area contributed by atoms with Crippen molar-refractivity contribution in [3.05, 3.63) is 47.8 Å². The summed E-state index contributed by atoms with van der Waals surface area (Å²) in [5.74, 6) is 2.96. The highest BCUT2D eigenvalue weighted by Gasteiger charge is 2.12. The Hall–Kier alpha value is -1.52. The van der Waals surface area contributed by atoms with Gasteiger partial charge in [0, 0.05) is 5.54 Å². The molecule has 0 aliphatic rings. The van der Waals surface area contributed by atoms with E-state index in [1.54, 1.807) is 6.26 Å². The third-order valence-corrected chi connectivity index (χ3v) is 3.30. The van der Waals surface area contributed by atoms with Gasteiger partial charge in [-0.15, -0.1) is 0 Å². The SMILES string of the molecule is CCN(Cc1ccco1)Cc1ccc(CNC(C)(C)C)o1. The summed E-state index contributed by atoms with van der Waals surface area (Å²) < 4.78 is 11.3. The Bertz CT molecular complexity index is 523. The predicted molar refractivity (Wildman–Crippen MR) is 83.8 cm³/mol. The molecule has 2 rings (SSSR count). The monoisotopic (exact) mass is 290 g/mol. The highest BCUT2D eigenvalue weighted by molar-refractivity contribution is 5.08. The van der Waals surface area contributed by atoms with E-state index in [0.717, 1.165) is 43.5 Å². The Balaban J connectivity index is 1.88. The highest BCUT2D eigenvalue weighted by Crippen LogP contribution is 2.14. The van der Waals surface area contributed by atoms with Crippen LogP contribution in [0.25, 0.3) is 0 Å². The summed E-state index contributed by atoms with van der Waals surface area (Å²) in [6, 6.07) is 8.04. The first-order valence-corrected chi connectivity index (χ1v) is 7.53. The molecule has 0 unspecified atom stereocenters. The van der Waals surface area contributed by atoms with Gasteiger partial charge < -0.3 is 14.2 Å². The first kappa shape index (κ1) is 15.9. The summed E-state index contributed by atoms with van der Waals surface area (Å²) in [5, 5.41) is 3.43. The molecule has 2 heterocycles. The topological polar surface area (TPSA) is 41.6 Å². The third-order valence-electron chi connectivity index (χ3n) is 3.30. The van der Waals surface area contributed by atoms with Gasteiger partial charge in [-0.05, 0) is 51.6 Å². The van der Waals surface area contributed by atoms with Crippen LogP contribution in [0.5, 0.6) is 0 Å². The molecule has 116 valence electrons. The average Bonchev–Trinajstić information content (AvgIpc) is 3.06. The largest absolute Gasteiger partial charge is 0.468 e. The molecule has 0 aliphatic heterocycles. The van der Waals surface area contributed by atoms with Crippen molar-refractivity contribution in [3.63, 3.8) is 0 Å². The molecule has 0 saturated carbocycles. The van der Waals surface area contributed by atoms with Gasteiger partial charge in [-0.25, -0.2) is 0 Å². The summed E-state index contributed by atoms with van der Waals surface area (Å²) in [6.07, 6.45) is 1.71. The van der Waals surface area contributed by atoms with E-state index in [4.69, 9.17) is 8.83 Å². The first-order chi connectivity index (χ1) is 9.96. The molecule has 0 aromatic carbocycles. The van der Waals surface area contributed by atoms with E-state index in [1.165, 1.54) is 0 Å². The molecule has 0 radical (unpaired) electrons. The fourth-order valence-corrected chi connectivity index (χ4v) is 2.08. The van der Waals surface area contributed by atoms with Crippen molar-refractivity contribution in [2.24, 2.45) is 0 Å². The minimum atomic E-state index is 0.0989. The first-order valence-electron chi connectivity index (χ1n) is 7.53.